The molecular formula is C22H18F4N4O2. The Kier molecular flexibility index (Phi) is 5.60. The molecule has 1 aliphatic heterocycles. The van der Waals surface area contributed by atoms with Crippen molar-refractivity contribution >= 4 is 16.7 Å². The van der Waals surface area contributed by atoms with Crippen LogP contribution in [0, 0.1) is 25.1 Å². The summed E-state index contributed by atoms with van der Waals surface area (Å²) in [5, 5.41) is 3.27. The second-order valence-corrected chi connectivity index (χ2v) is 7.41. The van der Waals surface area contributed by atoms with Gasteiger partial charge in [-0.15, -0.1) is 6.42 Å². The minimum absolute atomic E-state index is 0.162. The van der Waals surface area contributed by atoms with Crippen molar-refractivity contribution in [3.05, 3.63) is 63.6 Å². The Morgan fingerprint density at radius 2 is 2.12 bits per heavy atom. The first-order valence-electron chi connectivity index (χ1n) is 9.75. The van der Waals surface area contributed by atoms with E-state index in [1.807, 2.05) is 0 Å². The molecule has 10 heteroatoms. The second kappa shape index (κ2) is 8.24. The third kappa shape index (κ3) is 4.03. The lowest BCUT2D eigenvalue weighted by atomic mass is 10.0. The standard InChI is InChI=1S/C22H18F4N4O2/c1-3-17(14-5-4-6-16(20(14)23)22(24,25)26)29-21-15-10-30(13-7-8-32-11-13)19(31)9-18(15)27-12(2)28-21/h1,4-6,9-10,13,17H,7-8,11H2,2H3,(H,27,28,29)/t13-,17?/m1/s1. The number of anilines is 1. The van der Waals surface area contributed by atoms with Crippen LogP contribution in [-0.2, 0) is 10.9 Å². The van der Waals surface area contributed by atoms with Crippen LogP contribution in [0.2, 0.25) is 0 Å². The van der Waals surface area contributed by atoms with Gasteiger partial charge in [0.1, 0.15) is 23.5 Å². The van der Waals surface area contributed by atoms with E-state index in [0.29, 0.717) is 42.4 Å². The molecule has 1 aliphatic rings. The van der Waals surface area contributed by atoms with Crippen molar-refractivity contribution in [1.82, 2.24) is 14.5 Å². The van der Waals surface area contributed by atoms with E-state index in [-0.39, 0.29) is 23.0 Å². The van der Waals surface area contributed by atoms with E-state index < -0.39 is 23.6 Å². The lowest BCUT2D eigenvalue weighted by Crippen LogP contribution is -2.24. The number of fused-ring (bicyclic) bond motifs is 1. The number of ether oxygens (including phenoxy) is 1. The number of aromatic nitrogens is 3. The third-order valence-corrected chi connectivity index (χ3v) is 5.26. The molecule has 2 atom stereocenters. The molecule has 1 N–H and O–H groups in total. The van der Waals surface area contributed by atoms with Gasteiger partial charge in [0.25, 0.3) is 5.56 Å². The SMILES string of the molecule is C#CC(Nc1nc(C)nc2cc(=O)n([C@@H]3CCOC3)cc12)c1cccc(C(F)(F)F)c1F. The molecule has 0 spiro atoms. The van der Waals surface area contributed by atoms with E-state index in [1.165, 1.54) is 16.7 Å². The number of hydrogen-bond donors (Lipinski definition) is 1. The Balaban J connectivity index is 1.80. The highest BCUT2D eigenvalue weighted by Gasteiger charge is 2.35. The third-order valence-electron chi connectivity index (χ3n) is 5.26. The van der Waals surface area contributed by atoms with Gasteiger partial charge in [0.05, 0.1) is 29.1 Å². The fraction of sp³-hybridized carbons (Fsp3) is 0.318. The minimum Gasteiger partial charge on any atom is -0.379 e. The van der Waals surface area contributed by atoms with E-state index in [4.69, 9.17) is 11.2 Å². The van der Waals surface area contributed by atoms with E-state index in [9.17, 15) is 22.4 Å². The highest BCUT2D eigenvalue weighted by molar-refractivity contribution is 5.88. The van der Waals surface area contributed by atoms with Crippen molar-refractivity contribution in [3.63, 3.8) is 0 Å². The van der Waals surface area contributed by atoms with Crippen LogP contribution in [-0.4, -0.2) is 27.7 Å². The van der Waals surface area contributed by atoms with E-state index in [2.05, 4.69) is 21.2 Å². The van der Waals surface area contributed by atoms with Crippen molar-refractivity contribution in [3.8, 4) is 12.3 Å². The van der Waals surface area contributed by atoms with Crippen LogP contribution in [0.1, 0.15) is 35.5 Å². The average molecular weight is 446 g/mol. The van der Waals surface area contributed by atoms with Crippen LogP contribution in [0.15, 0.2) is 35.3 Å². The molecule has 0 saturated carbocycles. The molecule has 0 radical (unpaired) electrons. The normalized spacial score (nSPS) is 17.3. The van der Waals surface area contributed by atoms with Crippen LogP contribution in [0.4, 0.5) is 23.4 Å². The predicted molar refractivity (Wildman–Crippen MR) is 110 cm³/mol. The summed E-state index contributed by atoms with van der Waals surface area (Å²) < 4.78 is 61.0. The number of pyridine rings is 1. The molecule has 1 saturated heterocycles. The van der Waals surface area contributed by atoms with Crippen LogP contribution in [0.3, 0.4) is 0 Å². The van der Waals surface area contributed by atoms with E-state index in [1.54, 1.807) is 13.1 Å². The molecule has 0 aliphatic carbocycles. The summed E-state index contributed by atoms with van der Waals surface area (Å²) in [6.07, 6.45) is 2.90. The summed E-state index contributed by atoms with van der Waals surface area (Å²) in [7, 11) is 0. The molecular weight excluding hydrogens is 428 g/mol. The van der Waals surface area contributed by atoms with Gasteiger partial charge in [-0.2, -0.15) is 13.2 Å². The van der Waals surface area contributed by atoms with Gasteiger partial charge in [0, 0.05) is 24.4 Å². The first-order chi connectivity index (χ1) is 15.2. The number of hydrogen-bond acceptors (Lipinski definition) is 5. The van der Waals surface area contributed by atoms with E-state index in [0.717, 1.165) is 6.07 Å². The molecule has 4 rings (SSSR count). The zero-order valence-electron chi connectivity index (χ0n) is 16.9. The monoisotopic (exact) mass is 446 g/mol. The van der Waals surface area contributed by atoms with E-state index >= 15 is 0 Å². The second-order valence-electron chi connectivity index (χ2n) is 7.41. The lowest BCUT2D eigenvalue weighted by molar-refractivity contribution is -0.140. The number of benzene rings is 1. The Morgan fingerprint density at radius 1 is 1.34 bits per heavy atom. The number of aryl methyl sites for hydroxylation is 1. The molecule has 2 aromatic heterocycles. The van der Waals surface area contributed by atoms with Crippen molar-refractivity contribution in [2.24, 2.45) is 0 Å². The molecule has 166 valence electrons. The maximum atomic E-state index is 14.7. The van der Waals surface area contributed by atoms with Gasteiger partial charge in [0.15, 0.2) is 0 Å². The summed E-state index contributed by atoms with van der Waals surface area (Å²) in [4.78, 5) is 21.1. The van der Waals surface area contributed by atoms with Gasteiger partial charge in [-0.05, 0) is 19.4 Å². The van der Waals surface area contributed by atoms with Crippen LogP contribution in [0.5, 0.6) is 0 Å². The molecule has 6 nitrogen and oxygen atoms in total. The zero-order valence-corrected chi connectivity index (χ0v) is 16.9. The number of halogens is 4. The molecule has 3 heterocycles. The molecule has 3 aromatic rings. The number of rotatable bonds is 4. The number of nitrogens with one attached hydrogen (secondary N) is 1. The summed E-state index contributed by atoms with van der Waals surface area (Å²) in [5.41, 5.74) is -1.69. The minimum atomic E-state index is -4.86. The summed E-state index contributed by atoms with van der Waals surface area (Å²) >= 11 is 0. The number of terminal acetylenes is 1. The fourth-order valence-corrected chi connectivity index (χ4v) is 3.71. The fourth-order valence-electron chi connectivity index (χ4n) is 3.71. The largest absolute Gasteiger partial charge is 0.419 e. The highest BCUT2D eigenvalue weighted by Crippen LogP contribution is 2.35. The van der Waals surface area contributed by atoms with Crippen molar-refractivity contribution in [2.75, 3.05) is 18.5 Å². The molecule has 32 heavy (non-hydrogen) atoms. The Morgan fingerprint density at radius 3 is 2.78 bits per heavy atom. The van der Waals surface area contributed by atoms with Gasteiger partial charge in [-0.3, -0.25) is 4.79 Å². The highest BCUT2D eigenvalue weighted by atomic mass is 19.4. The van der Waals surface area contributed by atoms with Crippen molar-refractivity contribution in [2.45, 2.75) is 31.6 Å². The van der Waals surface area contributed by atoms with Gasteiger partial charge in [-0.1, -0.05) is 18.1 Å². The lowest BCUT2D eigenvalue weighted by Gasteiger charge is -2.19. The average Bonchev–Trinajstić information content (AvgIpc) is 3.25. The smallest absolute Gasteiger partial charge is 0.379 e. The van der Waals surface area contributed by atoms with Crippen LogP contribution >= 0.6 is 0 Å². The Labute approximate surface area is 180 Å². The first kappa shape index (κ1) is 21.8. The van der Waals surface area contributed by atoms with Gasteiger partial charge >= 0.3 is 6.18 Å². The molecule has 0 bridgehead atoms. The first-order valence-corrected chi connectivity index (χ1v) is 9.75. The zero-order chi connectivity index (χ0) is 23.0. The van der Waals surface area contributed by atoms with Gasteiger partial charge in [-0.25, -0.2) is 14.4 Å². The van der Waals surface area contributed by atoms with Crippen molar-refractivity contribution < 1.29 is 22.3 Å². The molecule has 1 aromatic carbocycles. The molecule has 1 unspecified atom stereocenters. The van der Waals surface area contributed by atoms with Crippen molar-refractivity contribution in [1.29, 1.82) is 0 Å². The Bertz CT molecular complexity index is 1270. The Hall–Kier alpha value is -3.45. The van der Waals surface area contributed by atoms with Gasteiger partial charge in [0.2, 0.25) is 0 Å². The topological polar surface area (TPSA) is 69.0 Å². The number of alkyl halides is 3. The summed E-state index contributed by atoms with van der Waals surface area (Å²) in [6, 6.07) is 2.87. The number of nitrogens with zero attached hydrogens (tertiary/aromatic N) is 3. The van der Waals surface area contributed by atoms with Crippen LogP contribution in [0.25, 0.3) is 10.9 Å². The quantitative estimate of drug-likeness (QED) is 0.485. The predicted octanol–water partition coefficient (Wildman–Crippen LogP) is 4.01. The molecule has 1 fully saturated rings. The van der Waals surface area contributed by atoms with Gasteiger partial charge < -0.3 is 14.6 Å². The summed E-state index contributed by atoms with van der Waals surface area (Å²) in [6.45, 7) is 2.50. The maximum Gasteiger partial charge on any atom is 0.419 e. The maximum absolute atomic E-state index is 14.7. The van der Waals surface area contributed by atoms with Crippen LogP contribution < -0.4 is 10.9 Å². The molecule has 0 amide bonds. The summed E-state index contributed by atoms with van der Waals surface area (Å²) in [5.74, 6) is 1.32.